The van der Waals surface area contributed by atoms with Crippen molar-refractivity contribution in [3.8, 4) is 6.07 Å². The van der Waals surface area contributed by atoms with E-state index in [0.717, 1.165) is 0 Å². The summed E-state index contributed by atoms with van der Waals surface area (Å²) in [6.45, 7) is 0. The van der Waals surface area contributed by atoms with Gasteiger partial charge in [-0.3, -0.25) is 4.79 Å². The zero-order valence-electron chi connectivity index (χ0n) is 8.86. The number of nitrogens with zero attached hydrogens (tertiary/aromatic N) is 2. The number of rotatable bonds is 3. The first kappa shape index (κ1) is 13.1. The summed E-state index contributed by atoms with van der Waals surface area (Å²) >= 11 is 3.16. The van der Waals surface area contributed by atoms with Crippen molar-refractivity contribution >= 4 is 33.6 Å². The molecule has 0 atom stereocenters. The zero-order valence-corrected chi connectivity index (χ0v) is 10.4. The molecule has 0 bridgehead atoms. The quantitative estimate of drug-likeness (QED) is 0.853. The van der Waals surface area contributed by atoms with Crippen molar-refractivity contribution in [2.24, 2.45) is 0 Å². The molecule has 1 amide bonds. The maximum atomic E-state index is 11.4. The zero-order chi connectivity index (χ0) is 12.8. The predicted octanol–water partition coefficient (Wildman–Crippen LogP) is 1.48. The molecule has 1 rings (SSSR count). The van der Waals surface area contributed by atoms with E-state index in [1.165, 1.54) is 19.4 Å². The van der Waals surface area contributed by atoms with Crippen molar-refractivity contribution in [3.63, 3.8) is 0 Å². The highest BCUT2D eigenvalue weighted by Gasteiger charge is 2.15. The van der Waals surface area contributed by atoms with Crippen LogP contribution in [0.5, 0.6) is 0 Å². The van der Waals surface area contributed by atoms with Gasteiger partial charge in [0.25, 0.3) is 0 Å². The number of anilines is 1. The largest absolute Gasteiger partial charge is 0.465 e. The summed E-state index contributed by atoms with van der Waals surface area (Å²) in [5.41, 5.74) is 0.119. The topological polar surface area (TPSA) is 92.1 Å². The van der Waals surface area contributed by atoms with E-state index in [4.69, 9.17) is 5.26 Å². The SMILES string of the molecule is COC(=O)c1cc(Br)cnc1NC(=O)CC#N. The fourth-order valence-electron chi connectivity index (χ4n) is 1.05. The highest BCUT2D eigenvalue weighted by molar-refractivity contribution is 9.10. The molecule has 0 fully saturated rings. The van der Waals surface area contributed by atoms with Crippen molar-refractivity contribution < 1.29 is 14.3 Å². The van der Waals surface area contributed by atoms with E-state index in [1.54, 1.807) is 6.07 Å². The number of hydrogen-bond donors (Lipinski definition) is 1. The third-order valence-electron chi connectivity index (χ3n) is 1.76. The van der Waals surface area contributed by atoms with Crippen molar-refractivity contribution in [1.29, 1.82) is 5.26 Å². The molecular formula is C10H8BrN3O3. The Balaban J connectivity index is 3.03. The number of ether oxygens (including phenoxy) is 1. The molecule has 1 aromatic rings. The van der Waals surface area contributed by atoms with Crippen LogP contribution in [0.3, 0.4) is 0 Å². The van der Waals surface area contributed by atoms with E-state index < -0.39 is 11.9 Å². The van der Waals surface area contributed by atoms with Crippen LogP contribution in [0.15, 0.2) is 16.7 Å². The second-order valence-electron chi connectivity index (χ2n) is 2.92. The Bertz CT molecular complexity index is 496. The monoisotopic (exact) mass is 297 g/mol. The predicted molar refractivity (Wildman–Crippen MR) is 62.1 cm³/mol. The molecule has 0 aliphatic carbocycles. The second kappa shape index (κ2) is 5.96. The maximum absolute atomic E-state index is 11.4. The first-order valence-corrected chi connectivity index (χ1v) is 5.28. The number of esters is 1. The molecule has 1 aromatic heterocycles. The molecule has 0 aliphatic heterocycles. The number of amides is 1. The fourth-order valence-corrected chi connectivity index (χ4v) is 1.38. The van der Waals surface area contributed by atoms with Crippen LogP contribution in [0.4, 0.5) is 5.82 Å². The van der Waals surface area contributed by atoms with E-state index in [-0.39, 0.29) is 17.8 Å². The molecule has 1 N–H and O–H groups in total. The maximum Gasteiger partial charge on any atom is 0.341 e. The van der Waals surface area contributed by atoms with Crippen LogP contribution >= 0.6 is 15.9 Å². The molecule has 1 heterocycles. The molecule has 88 valence electrons. The summed E-state index contributed by atoms with van der Waals surface area (Å²) in [6.07, 6.45) is 1.12. The van der Waals surface area contributed by atoms with Gasteiger partial charge in [-0.2, -0.15) is 5.26 Å². The number of carbonyl (C=O) groups excluding carboxylic acids is 2. The molecule has 17 heavy (non-hydrogen) atoms. The van der Waals surface area contributed by atoms with E-state index in [1.807, 2.05) is 0 Å². The van der Waals surface area contributed by atoms with Crippen LogP contribution < -0.4 is 5.32 Å². The Morgan fingerprint density at radius 3 is 2.94 bits per heavy atom. The van der Waals surface area contributed by atoms with Gasteiger partial charge in [0, 0.05) is 10.7 Å². The Labute approximate surface area is 106 Å². The number of halogens is 1. The lowest BCUT2D eigenvalue weighted by atomic mass is 10.2. The first-order valence-electron chi connectivity index (χ1n) is 4.49. The van der Waals surface area contributed by atoms with Crippen molar-refractivity contribution in [2.45, 2.75) is 6.42 Å². The average Bonchev–Trinajstić information content (AvgIpc) is 2.30. The molecule has 6 nitrogen and oxygen atoms in total. The van der Waals surface area contributed by atoms with Crippen molar-refractivity contribution in [3.05, 3.63) is 22.3 Å². The molecule has 0 unspecified atom stereocenters. The molecule has 0 aromatic carbocycles. The Kier molecular flexibility index (Phi) is 4.60. The van der Waals surface area contributed by atoms with Crippen LogP contribution in [0.1, 0.15) is 16.8 Å². The summed E-state index contributed by atoms with van der Waals surface area (Å²) in [4.78, 5) is 26.5. The minimum atomic E-state index is -0.619. The first-order chi connectivity index (χ1) is 8.08. The van der Waals surface area contributed by atoms with Crippen LogP contribution in [0, 0.1) is 11.3 Å². The van der Waals surface area contributed by atoms with E-state index in [2.05, 4.69) is 31.0 Å². The summed E-state index contributed by atoms with van der Waals surface area (Å²) < 4.78 is 5.14. The second-order valence-corrected chi connectivity index (χ2v) is 3.84. The van der Waals surface area contributed by atoms with Crippen LogP contribution in [-0.4, -0.2) is 24.0 Å². The summed E-state index contributed by atoms with van der Waals surface area (Å²) in [5.74, 6) is -1.08. The highest BCUT2D eigenvalue weighted by Crippen LogP contribution is 2.19. The summed E-state index contributed by atoms with van der Waals surface area (Å²) in [6, 6.07) is 3.17. The van der Waals surface area contributed by atoms with Gasteiger partial charge in [0.05, 0.1) is 13.2 Å². The summed E-state index contributed by atoms with van der Waals surface area (Å²) in [5, 5.41) is 10.7. The molecule has 0 saturated carbocycles. The van der Waals surface area contributed by atoms with Gasteiger partial charge < -0.3 is 10.1 Å². The van der Waals surface area contributed by atoms with Gasteiger partial charge in [0.1, 0.15) is 17.8 Å². The van der Waals surface area contributed by atoms with Gasteiger partial charge >= 0.3 is 5.97 Å². The normalized spacial score (nSPS) is 9.24. The lowest BCUT2D eigenvalue weighted by Gasteiger charge is -2.07. The molecule has 7 heteroatoms. The van der Waals surface area contributed by atoms with Gasteiger partial charge in [-0.1, -0.05) is 0 Å². The average molecular weight is 298 g/mol. The standard InChI is InChI=1S/C10H8BrN3O3/c1-17-10(16)7-4-6(11)5-13-9(7)14-8(15)2-3-12/h4-5H,2H2,1H3,(H,13,14,15). The van der Waals surface area contributed by atoms with Crippen LogP contribution in [-0.2, 0) is 9.53 Å². The van der Waals surface area contributed by atoms with Gasteiger partial charge in [-0.05, 0) is 22.0 Å². The minimum absolute atomic E-state index is 0.0697. The number of methoxy groups -OCH3 is 1. The van der Waals surface area contributed by atoms with E-state index in [9.17, 15) is 9.59 Å². The molecular weight excluding hydrogens is 290 g/mol. The molecule has 0 radical (unpaired) electrons. The Morgan fingerprint density at radius 1 is 1.65 bits per heavy atom. The molecule has 0 spiro atoms. The lowest BCUT2D eigenvalue weighted by Crippen LogP contribution is -2.15. The number of pyridine rings is 1. The van der Waals surface area contributed by atoms with Crippen molar-refractivity contribution in [1.82, 2.24) is 4.98 Å². The number of nitrogens with one attached hydrogen (secondary N) is 1. The molecule has 0 aliphatic rings. The van der Waals surface area contributed by atoms with Crippen LogP contribution in [0.2, 0.25) is 0 Å². The third kappa shape index (κ3) is 3.53. The Morgan fingerprint density at radius 2 is 2.35 bits per heavy atom. The molecule has 0 saturated heterocycles. The van der Waals surface area contributed by atoms with Gasteiger partial charge in [-0.15, -0.1) is 0 Å². The third-order valence-corrected chi connectivity index (χ3v) is 2.19. The highest BCUT2D eigenvalue weighted by atomic mass is 79.9. The number of nitriles is 1. The number of hydrogen-bond acceptors (Lipinski definition) is 5. The number of aromatic nitrogens is 1. The van der Waals surface area contributed by atoms with Crippen LogP contribution in [0.25, 0.3) is 0 Å². The smallest absolute Gasteiger partial charge is 0.341 e. The van der Waals surface area contributed by atoms with Gasteiger partial charge in [0.2, 0.25) is 5.91 Å². The fraction of sp³-hybridized carbons (Fsp3) is 0.200. The van der Waals surface area contributed by atoms with Gasteiger partial charge in [-0.25, -0.2) is 9.78 Å². The summed E-state index contributed by atoms with van der Waals surface area (Å²) in [7, 11) is 1.23. The van der Waals surface area contributed by atoms with Gasteiger partial charge in [0.15, 0.2) is 0 Å². The lowest BCUT2D eigenvalue weighted by molar-refractivity contribution is -0.115. The van der Waals surface area contributed by atoms with E-state index >= 15 is 0 Å². The van der Waals surface area contributed by atoms with E-state index in [0.29, 0.717) is 4.47 Å². The van der Waals surface area contributed by atoms with Crippen molar-refractivity contribution in [2.75, 3.05) is 12.4 Å². The Hall–Kier alpha value is -1.94. The minimum Gasteiger partial charge on any atom is -0.465 e. The number of carbonyl (C=O) groups is 2.